The van der Waals surface area contributed by atoms with Gasteiger partial charge in [0.1, 0.15) is 5.41 Å². The molecule has 1 N–H and O–H groups in total. The summed E-state index contributed by atoms with van der Waals surface area (Å²) in [5, 5.41) is 2.27. The topological polar surface area (TPSA) is 66.5 Å². The van der Waals surface area contributed by atoms with E-state index in [1.807, 2.05) is 6.92 Å². The minimum atomic E-state index is -1.16. The van der Waals surface area contributed by atoms with Crippen molar-refractivity contribution in [3.8, 4) is 0 Å². The van der Waals surface area contributed by atoms with Gasteiger partial charge in [-0.25, -0.2) is 4.79 Å². The Kier molecular flexibility index (Phi) is 4.64. The van der Waals surface area contributed by atoms with Gasteiger partial charge in [-0.05, 0) is 19.3 Å². The van der Waals surface area contributed by atoms with Crippen molar-refractivity contribution >= 4 is 17.8 Å². The number of hydrogen-bond acceptors (Lipinski definition) is 3. The first-order valence-electron chi connectivity index (χ1n) is 6.31. The number of imide groups is 2. The first-order chi connectivity index (χ1) is 8.53. The highest BCUT2D eigenvalue weighted by Gasteiger charge is 2.51. The van der Waals surface area contributed by atoms with Gasteiger partial charge in [0.2, 0.25) is 11.8 Å². The van der Waals surface area contributed by atoms with Crippen molar-refractivity contribution in [1.82, 2.24) is 10.2 Å². The fourth-order valence-corrected chi connectivity index (χ4v) is 2.13. The molecule has 1 heterocycles. The van der Waals surface area contributed by atoms with Gasteiger partial charge < -0.3 is 0 Å². The molecule has 0 bridgehead atoms. The second kappa shape index (κ2) is 5.80. The summed E-state index contributed by atoms with van der Waals surface area (Å²) in [6, 6.07) is -0.605. The van der Waals surface area contributed by atoms with Crippen molar-refractivity contribution < 1.29 is 14.4 Å². The third kappa shape index (κ3) is 2.30. The van der Waals surface area contributed by atoms with Crippen LogP contribution in [0.15, 0.2) is 12.7 Å². The number of rotatable bonds is 6. The van der Waals surface area contributed by atoms with E-state index in [9.17, 15) is 14.4 Å². The predicted octanol–water partition coefficient (Wildman–Crippen LogP) is 1.84. The number of nitrogens with zero attached hydrogens (tertiary/aromatic N) is 1. The molecule has 1 aliphatic heterocycles. The molecular weight excluding hydrogens is 232 g/mol. The molecule has 0 aromatic rings. The highest BCUT2D eigenvalue weighted by atomic mass is 16.2. The van der Waals surface area contributed by atoms with E-state index in [-0.39, 0.29) is 6.42 Å². The fourth-order valence-electron chi connectivity index (χ4n) is 2.13. The summed E-state index contributed by atoms with van der Waals surface area (Å²) < 4.78 is 0. The molecule has 0 aliphatic carbocycles. The second-order valence-electron chi connectivity index (χ2n) is 4.50. The SMILES string of the molecule is C=CCC1(CC)C(=O)NC(=O)N(CCCC)C1=O. The van der Waals surface area contributed by atoms with E-state index in [1.54, 1.807) is 13.0 Å². The van der Waals surface area contributed by atoms with Gasteiger partial charge >= 0.3 is 6.03 Å². The average molecular weight is 252 g/mol. The molecule has 5 heteroatoms. The highest BCUT2D eigenvalue weighted by molar-refractivity contribution is 6.19. The van der Waals surface area contributed by atoms with Crippen LogP contribution in [0, 0.1) is 5.41 Å². The number of barbiturate groups is 1. The van der Waals surface area contributed by atoms with Crippen molar-refractivity contribution in [1.29, 1.82) is 0 Å². The fraction of sp³-hybridized carbons (Fsp3) is 0.615. The van der Waals surface area contributed by atoms with Crippen LogP contribution in [0.25, 0.3) is 0 Å². The van der Waals surface area contributed by atoms with Crippen molar-refractivity contribution in [3.63, 3.8) is 0 Å². The van der Waals surface area contributed by atoms with Gasteiger partial charge in [0.25, 0.3) is 0 Å². The number of carbonyl (C=O) groups excluding carboxylic acids is 3. The minimum absolute atomic E-state index is 0.254. The maximum atomic E-state index is 12.4. The maximum absolute atomic E-state index is 12.4. The lowest BCUT2D eigenvalue weighted by Gasteiger charge is -2.38. The lowest BCUT2D eigenvalue weighted by molar-refractivity contribution is -0.151. The van der Waals surface area contributed by atoms with Crippen LogP contribution in [-0.4, -0.2) is 29.3 Å². The van der Waals surface area contributed by atoms with Crippen LogP contribution in [0.1, 0.15) is 39.5 Å². The van der Waals surface area contributed by atoms with E-state index in [0.717, 1.165) is 17.7 Å². The zero-order chi connectivity index (χ0) is 13.8. The smallest absolute Gasteiger partial charge is 0.277 e. The van der Waals surface area contributed by atoms with Gasteiger partial charge in [-0.2, -0.15) is 0 Å². The molecule has 1 atom stereocenters. The molecule has 4 amide bonds. The van der Waals surface area contributed by atoms with E-state index in [1.165, 1.54) is 0 Å². The third-order valence-electron chi connectivity index (χ3n) is 3.39. The molecule has 0 aromatic heterocycles. The largest absolute Gasteiger partial charge is 0.330 e. The number of nitrogens with one attached hydrogen (secondary N) is 1. The molecule has 100 valence electrons. The summed E-state index contributed by atoms with van der Waals surface area (Å²) in [6.07, 6.45) is 3.78. The number of hydrogen-bond donors (Lipinski definition) is 1. The number of urea groups is 1. The molecule has 0 aromatic carbocycles. The second-order valence-corrected chi connectivity index (χ2v) is 4.50. The average Bonchev–Trinajstić information content (AvgIpc) is 2.34. The number of allylic oxidation sites excluding steroid dienone is 1. The van der Waals surface area contributed by atoms with Crippen molar-refractivity contribution in [2.45, 2.75) is 39.5 Å². The predicted molar refractivity (Wildman–Crippen MR) is 67.7 cm³/mol. The Morgan fingerprint density at radius 3 is 2.50 bits per heavy atom. The Hall–Kier alpha value is -1.65. The van der Waals surface area contributed by atoms with Crippen LogP contribution in [0.4, 0.5) is 4.79 Å². The zero-order valence-corrected chi connectivity index (χ0v) is 11.0. The normalized spacial score (nSPS) is 24.1. The van der Waals surface area contributed by atoms with Crippen LogP contribution in [0.2, 0.25) is 0 Å². The molecule has 5 nitrogen and oxygen atoms in total. The number of carbonyl (C=O) groups is 3. The van der Waals surface area contributed by atoms with Crippen molar-refractivity contribution in [3.05, 3.63) is 12.7 Å². The minimum Gasteiger partial charge on any atom is -0.277 e. The van der Waals surface area contributed by atoms with Crippen LogP contribution in [0.3, 0.4) is 0 Å². The first kappa shape index (κ1) is 14.4. The van der Waals surface area contributed by atoms with E-state index in [2.05, 4.69) is 11.9 Å². The Labute approximate surface area is 107 Å². The summed E-state index contributed by atoms with van der Waals surface area (Å²) >= 11 is 0. The standard InChI is InChI=1S/C13H20N2O3/c1-4-7-9-15-11(17)13(6-3,8-5-2)10(16)14-12(15)18/h5H,2,4,6-9H2,1,3H3,(H,14,16,18). The van der Waals surface area contributed by atoms with Crippen molar-refractivity contribution in [2.24, 2.45) is 5.41 Å². The van der Waals surface area contributed by atoms with Gasteiger partial charge in [-0.1, -0.05) is 26.3 Å². The molecule has 1 rings (SSSR count). The Morgan fingerprint density at radius 2 is 2.00 bits per heavy atom. The molecule has 1 aliphatic rings. The number of amides is 4. The van der Waals surface area contributed by atoms with Gasteiger partial charge in [0, 0.05) is 6.54 Å². The van der Waals surface area contributed by atoms with E-state index >= 15 is 0 Å². The van der Waals surface area contributed by atoms with Gasteiger partial charge in [0.15, 0.2) is 0 Å². The van der Waals surface area contributed by atoms with E-state index in [4.69, 9.17) is 0 Å². The quantitative estimate of drug-likeness (QED) is 0.579. The first-order valence-corrected chi connectivity index (χ1v) is 6.31. The van der Waals surface area contributed by atoms with Gasteiger partial charge in [0.05, 0.1) is 0 Å². The maximum Gasteiger partial charge on any atom is 0.330 e. The molecule has 0 spiro atoms. The summed E-state index contributed by atoms with van der Waals surface area (Å²) in [4.78, 5) is 37.2. The molecule has 1 fully saturated rings. The van der Waals surface area contributed by atoms with E-state index < -0.39 is 23.3 Å². The van der Waals surface area contributed by atoms with Gasteiger partial charge in [-0.15, -0.1) is 6.58 Å². The molecule has 0 radical (unpaired) electrons. The lowest BCUT2D eigenvalue weighted by atomic mass is 9.78. The molecular formula is C13H20N2O3. The molecule has 18 heavy (non-hydrogen) atoms. The molecule has 1 saturated heterocycles. The number of unbranched alkanes of at least 4 members (excludes halogenated alkanes) is 1. The van der Waals surface area contributed by atoms with Gasteiger partial charge in [-0.3, -0.25) is 19.8 Å². The lowest BCUT2D eigenvalue weighted by Crippen LogP contribution is -2.63. The van der Waals surface area contributed by atoms with Crippen LogP contribution in [-0.2, 0) is 9.59 Å². The summed E-state index contributed by atoms with van der Waals surface area (Å²) in [7, 11) is 0. The summed E-state index contributed by atoms with van der Waals surface area (Å²) in [5.74, 6) is -0.903. The monoisotopic (exact) mass is 252 g/mol. The van der Waals surface area contributed by atoms with Crippen LogP contribution in [0.5, 0.6) is 0 Å². The zero-order valence-electron chi connectivity index (χ0n) is 11.0. The third-order valence-corrected chi connectivity index (χ3v) is 3.39. The van der Waals surface area contributed by atoms with E-state index in [0.29, 0.717) is 13.0 Å². The molecule has 1 unspecified atom stereocenters. The Morgan fingerprint density at radius 1 is 1.33 bits per heavy atom. The highest BCUT2D eigenvalue weighted by Crippen LogP contribution is 2.33. The van der Waals surface area contributed by atoms with Crippen LogP contribution >= 0.6 is 0 Å². The Bertz CT molecular complexity index is 378. The van der Waals surface area contributed by atoms with Crippen molar-refractivity contribution in [2.75, 3.05) is 6.54 Å². The summed E-state index contributed by atoms with van der Waals surface area (Å²) in [6.45, 7) is 7.69. The summed E-state index contributed by atoms with van der Waals surface area (Å²) in [5.41, 5.74) is -1.16. The van der Waals surface area contributed by atoms with Crippen LogP contribution < -0.4 is 5.32 Å². The molecule has 0 saturated carbocycles. The Balaban J connectivity index is 3.03.